The number of esters is 4. The minimum Gasteiger partial charge on any atom is -0.463 e. The van der Waals surface area contributed by atoms with Crippen LogP contribution in [0.2, 0.25) is 0 Å². The molecule has 0 unspecified atom stereocenters. The van der Waals surface area contributed by atoms with Crippen molar-refractivity contribution in [3.05, 3.63) is 0 Å². The van der Waals surface area contributed by atoms with Crippen LogP contribution in [-0.4, -0.2) is 117 Å². The number of fused-ring (bicyclic) bond motifs is 1. The second-order valence-corrected chi connectivity index (χ2v) is 12.3. The normalized spacial score (nSPS) is 32.3. The van der Waals surface area contributed by atoms with Crippen molar-refractivity contribution in [2.45, 2.75) is 136 Å². The zero-order valence-electron chi connectivity index (χ0n) is 27.8. The van der Waals surface area contributed by atoms with Crippen molar-refractivity contribution < 1.29 is 71.3 Å². The molecule has 3 heterocycles. The number of amides is 1. The molecule has 0 aliphatic carbocycles. The minimum absolute atomic E-state index is 0.358. The zero-order chi connectivity index (χ0) is 34.3. The summed E-state index contributed by atoms with van der Waals surface area (Å²) in [6, 6.07) is -1.22. The van der Waals surface area contributed by atoms with Crippen LogP contribution in [-0.2, 0) is 71.3 Å². The maximum absolute atomic E-state index is 12.3. The van der Waals surface area contributed by atoms with Gasteiger partial charge in [0.25, 0.3) is 0 Å². The third-order valence-corrected chi connectivity index (χ3v) is 7.21. The van der Waals surface area contributed by atoms with Crippen molar-refractivity contribution in [3.63, 3.8) is 0 Å². The molecule has 0 aromatic carbocycles. The van der Waals surface area contributed by atoms with Gasteiger partial charge in [-0.3, -0.25) is 24.0 Å². The standard InChI is InChI=1S/C30H47NO15/c1-14(2)10-11-37-26-24(44-29-27(26)45-30(8,9)46-29)20(40-17(5)34)13-39-28-22(31-15(3)32)25(42-19(7)36)23(41-18(6)35)21(43-28)12-38-16(4)33/h14,20-29H,10-13H2,1-9H3,(H,31,32)/t20-,21+,22-,23-,24-,25-,26+,27+,28+,29+/m0/s1. The smallest absolute Gasteiger partial charge is 0.303 e. The van der Waals surface area contributed by atoms with Crippen LogP contribution in [0.4, 0.5) is 0 Å². The van der Waals surface area contributed by atoms with Gasteiger partial charge in [0, 0.05) is 41.2 Å². The van der Waals surface area contributed by atoms with Crippen LogP contribution < -0.4 is 5.32 Å². The molecule has 0 aromatic rings. The van der Waals surface area contributed by atoms with Gasteiger partial charge in [-0.2, -0.15) is 0 Å². The number of ether oxygens (including phenoxy) is 10. The van der Waals surface area contributed by atoms with Crippen molar-refractivity contribution in [1.82, 2.24) is 5.32 Å². The number of carbonyl (C=O) groups is 5. The maximum atomic E-state index is 12.3. The van der Waals surface area contributed by atoms with Crippen molar-refractivity contribution in [3.8, 4) is 0 Å². The number of hydrogen-bond donors (Lipinski definition) is 1. The molecular weight excluding hydrogens is 614 g/mol. The van der Waals surface area contributed by atoms with Crippen LogP contribution in [0.25, 0.3) is 0 Å². The number of rotatable bonds is 14. The fourth-order valence-electron chi connectivity index (χ4n) is 5.46. The molecule has 3 aliphatic rings. The van der Waals surface area contributed by atoms with E-state index in [1.54, 1.807) is 13.8 Å². The zero-order valence-corrected chi connectivity index (χ0v) is 27.8. The number of nitrogens with one attached hydrogen (secondary N) is 1. The second kappa shape index (κ2) is 16.3. The lowest BCUT2D eigenvalue weighted by Gasteiger charge is -2.45. The molecule has 0 aromatic heterocycles. The summed E-state index contributed by atoms with van der Waals surface area (Å²) in [5.74, 6) is -3.90. The molecule has 3 aliphatic heterocycles. The molecule has 10 atom stereocenters. The van der Waals surface area contributed by atoms with Crippen LogP contribution in [0, 0.1) is 5.92 Å². The van der Waals surface area contributed by atoms with Crippen LogP contribution in [0.3, 0.4) is 0 Å². The predicted octanol–water partition coefficient (Wildman–Crippen LogP) is 0.899. The molecule has 0 spiro atoms. The van der Waals surface area contributed by atoms with E-state index < -0.39 is 104 Å². The molecule has 1 N–H and O–H groups in total. The molecule has 262 valence electrons. The first-order chi connectivity index (χ1) is 21.5. The Bertz CT molecular complexity index is 1100. The van der Waals surface area contributed by atoms with Gasteiger partial charge in [0.2, 0.25) is 5.91 Å². The van der Waals surface area contributed by atoms with Crippen LogP contribution in [0.15, 0.2) is 0 Å². The topological polar surface area (TPSA) is 190 Å². The Balaban J connectivity index is 1.91. The van der Waals surface area contributed by atoms with Crippen molar-refractivity contribution in [2.75, 3.05) is 19.8 Å². The summed E-state index contributed by atoms with van der Waals surface area (Å²) in [5, 5.41) is 2.63. The van der Waals surface area contributed by atoms with E-state index in [-0.39, 0.29) is 6.61 Å². The highest BCUT2D eigenvalue weighted by atomic mass is 16.8. The Labute approximate surface area is 268 Å². The van der Waals surface area contributed by atoms with Crippen LogP contribution >= 0.6 is 0 Å². The quantitative estimate of drug-likeness (QED) is 0.204. The molecule has 0 bridgehead atoms. The molecule has 0 saturated carbocycles. The molecule has 16 nitrogen and oxygen atoms in total. The third-order valence-electron chi connectivity index (χ3n) is 7.21. The van der Waals surface area contributed by atoms with E-state index in [9.17, 15) is 24.0 Å². The lowest BCUT2D eigenvalue weighted by Crippen LogP contribution is -2.67. The van der Waals surface area contributed by atoms with Gasteiger partial charge >= 0.3 is 23.9 Å². The van der Waals surface area contributed by atoms with Crippen molar-refractivity contribution in [1.29, 1.82) is 0 Å². The van der Waals surface area contributed by atoms with E-state index in [4.69, 9.17) is 47.4 Å². The van der Waals surface area contributed by atoms with Gasteiger partial charge in [-0.05, 0) is 26.2 Å². The maximum Gasteiger partial charge on any atom is 0.303 e. The molecule has 3 saturated heterocycles. The summed E-state index contributed by atoms with van der Waals surface area (Å²) in [7, 11) is 0. The lowest BCUT2D eigenvalue weighted by molar-refractivity contribution is -0.287. The Morgan fingerprint density at radius 1 is 0.804 bits per heavy atom. The molecule has 3 rings (SSSR count). The Morgan fingerprint density at radius 2 is 1.46 bits per heavy atom. The summed E-state index contributed by atoms with van der Waals surface area (Å²) in [6.07, 6.45) is -8.58. The highest BCUT2D eigenvalue weighted by Crippen LogP contribution is 2.40. The highest BCUT2D eigenvalue weighted by Gasteiger charge is 2.58. The molecule has 1 amide bonds. The van der Waals surface area contributed by atoms with Gasteiger partial charge in [0.05, 0.1) is 6.61 Å². The van der Waals surface area contributed by atoms with E-state index in [1.165, 1.54) is 20.8 Å². The fourth-order valence-corrected chi connectivity index (χ4v) is 5.46. The highest BCUT2D eigenvalue weighted by molar-refractivity contribution is 5.73. The Morgan fingerprint density at radius 3 is 2.02 bits per heavy atom. The van der Waals surface area contributed by atoms with E-state index in [0.717, 1.165) is 20.3 Å². The summed E-state index contributed by atoms with van der Waals surface area (Å²) in [6.45, 7) is 13.1. The van der Waals surface area contributed by atoms with Gasteiger partial charge < -0.3 is 52.7 Å². The summed E-state index contributed by atoms with van der Waals surface area (Å²) >= 11 is 0. The number of carbonyl (C=O) groups excluding carboxylic acids is 5. The summed E-state index contributed by atoms with van der Waals surface area (Å²) in [5.41, 5.74) is 0. The Kier molecular flexibility index (Phi) is 13.3. The van der Waals surface area contributed by atoms with Crippen molar-refractivity contribution >= 4 is 29.8 Å². The van der Waals surface area contributed by atoms with Gasteiger partial charge in [0.15, 0.2) is 36.7 Å². The molecule has 3 fully saturated rings. The lowest BCUT2D eigenvalue weighted by atomic mass is 9.96. The summed E-state index contributed by atoms with van der Waals surface area (Å²) in [4.78, 5) is 60.4. The molecule has 46 heavy (non-hydrogen) atoms. The van der Waals surface area contributed by atoms with Crippen LogP contribution in [0.5, 0.6) is 0 Å². The monoisotopic (exact) mass is 661 g/mol. The minimum atomic E-state index is -1.38. The average molecular weight is 662 g/mol. The largest absolute Gasteiger partial charge is 0.463 e. The summed E-state index contributed by atoms with van der Waals surface area (Å²) < 4.78 is 58.3. The first kappa shape index (κ1) is 37.6. The third kappa shape index (κ3) is 10.6. The van der Waals surface area contributed by atoms with Crippen molar-refractivity contribution in [2.24, 2.45) is 5.92 Å². The van der Waals surface area contributed by atoms with Gasteiger partial charge in [0.1, 0.15) is 37.1 Å². The molecule has 16 heteroatoms. The van der Waals surface area contributed by atoms with E-state index in [2.05, 4.69) is 19.2 Å². The van der Waals surface area contributed by atoms with Crippen LogP contribution in [0.1, 0.15) is 68.7 Å². The Hall–Kier alpha value is -2.89. The SMILES string of the molecule is CC(=O)N[C@@H]1[C@H](OC[C@H](OC(C)=O)[C@@H]2O[C@@H]3OC(C)(C)O[C@@H]3[C@@H]2OCCC(C)C)O[C@H](COC(C)=O)[C@H](OC(C)=O)[C@H]1OC(C)=O. The molecule has 0 radical (unpaired) electrons. The first-order valence-electron chi connectivity index (χ1n) is 15.3. The second-order valence-electron chi connectivity index (χ2n) is 12.3. The van der Waals surface area contributed by atoms with Gasteiger partial charge in [-0.15, -0.1) is 0 Å². The fraction of sp³-hybridized carbons (Fsp3) is 0.833. The van der Waals surface area contributed by atoms with Gasteiger partial charge in [-0.25, -0.2) is 0 Å². The van der Waals surface area contributed by atoms with E-state index >= 15 is 0 Å². The van der Waals surface area contributed by atoms with Gasteiger partial charge in [-0.1, -0.05) is 13.8 Å². The molecular formula is C30H47NO15. The number of hydrogen-bond acceptors (Lipinski definition) is 15. The average Bonchev–Trinajstić information content (AvgIpc) is 3.38. The predicted molar refractivity (Wildman–Crippen MR) is 153 cm³/mol. The first-order valence-corrected chi connectivity index (χ1v) is 15.3. The van der Waals surface area contributed by atoms with E-state index in [0.29, 0.717) is 12.5 Å². The van der Waals surface area contributed by atoms with E-state index in [1.807, 2.05) is 0 Å².